The van der Waals surface area contributed by atoms with Gasteiger partial charge in [-0.15, -0.1) is 0 Å². The average Bonchev–Trinajstić information content (AvgIpc) is 2.64. The first-order valence-corrected chi connectivity index (χ1v) is 7.52. The van der Waals surface area contributed by atoms with E-state index >= 15 is 0 Å². The quantitative estimate of drug-likeness (QED) is 0.756. The maximum atomic E-state index is 4.45. The summed E-state index contributed by atoms with van der Waals surface area (Å²) in [7, 11) is 0. The van der Waals surface area contributed by atoms with E-state index in [2.05, 4.69) is 46.1 Å². The van der Waals surface area contributed by atoms with E-state index in [9.17, 15) is 0 Å². The summed E-state index contributed by atoms with van der Waals surface area (Å²) in [5.41, 5.74) is 0.459. The van der Waals surface area contributed by atoms with Crippen molar-refractivity contribution in [2.45, 2.75) is 52.4 Å². The van der Waals surface area contributed by atoms with Crippen LogP contribution in [-0.2, 0) is 0 Å². The third-order valence-corrected chi connectivity index (χ3v) is 4.87. The first-order chi connectivity index (χ1) is 7.47. The molecule has 16 heavy (non-hydrogen) atoms. The predicted molar refractivity (Wildman–Crippen MR) is 71.8 cm³/mol. The van der Waals surface area contributed by atoms with Gasteiger partial charge in [-0.2, -0.15) is 4.37 Å². The largest absolute Gasteiger partial charge is 0.212 e. The molecule has 90 valence electrons. The highest BCUT2D eigenvalue weighted by Gasteiger charge is 2.31. The van der Waals surface area contributed by atoms with Crippen LogP contribution >= 0.6 is 27.5 Å². The number of aromatic nitrogens is 2. The highest BCUT2D eigenvalue weighted by molar-refractivity contribution is 9.11. The summed E-state index contributed by atoms with van der Waals surface area (Å²) < 4.78 is 5.33. The van der Waals surface area contributed by atoms with Crippen molar-refractivity contribution in [2.24, 2.45) is 11.3 Å². The minimum atomic E-state index is 0.459. The molecule has 4 heteroatoms. The first-order valence-electron chi connectivity index (χ1n) is 5.96. The van der Waals surface area contributed by atoms with Gasteiger partial charge in [0.2, 0.25) is 0 Å². The number of nitrogens with zero attached hydrogens (tertiary/aromatic N) is 2. The lowest BCUT2D eigenvalue weighted by Gasteiger charge is -2.36. The summed E-state index contributed by atoms with van der Waals surface area (Å²) in [5, 5.41) is 0. The monoisotopic (exact) mass is 302 g/mol. The number of halogens is 1. The van der Waals surface area contributed by atoms with Crippen LogP contribution in [0.2, 0.25) is 0 Å². The first kappa shape index (κ1) is 12.5. The van der Waals surface area contributed by atoms with E-state index in [0.29, 0.717) is 11.3 Å². The van der Waals surface area contributed by atoms with E-state index in [0.717, 1.165) is 15.7 Å². The van der Waals surface area contributed by atoms with Crippen molar-refractivity contribution < 1.29 is 0 Å². The van der Waals surface area contributed by atoms with E-state index in [4.69, 9.17) is 0 Å². The zero-order valence-electron chi connectivity index (χ0n) is 10.2. The summed E-state index contributed by atoms with van der Waals surface area (Å²) in [6.45, 7) is 7.07. The molecule has 0 radical (unpaired) electrons. The summed E-state index contributed by atoms with van der Waals surface area (Å²) in [4.78, 5) is 4.45. The molecule has 1 aliphatic carbocycles. The van der Waals surface area contributed by atoms with Crippen molar-refractivity contribution in [2.75, 3.05) is 0 Å². The molecule has 1 aromatic rings. The van der Waals surface area contributed by atoms with Gasteiger partial charge in [-0.1, -0.05) is 20.8 Å². The fraction of sp³-hybridized carbons (Fsp3) is 0.833. The lowest BCUT2D eigenvalue weighted by Crippen LogP contribution is -2.25. The minimum Gasteiger partial charge on any atom is -0.212 e. The molecule has 0 aliphatic heterocycles. The van der Waals surface area contributed by atoms with E-state index in [-0.39, 0.29) is 0 Å². The molecule has 1 fully saturated rings. The lowest BCUT2D eigenvalue weighted by molar-refractivity contribution is 0.167. The topological polar surface area (TPSA) is 25.8 Å². The molecule has 0 amide bonds. The Kier molecular flexibility index (Phi) is 3.69. The summed E-state index contributed by atoms with van der Waals surface area (Å²) in [6, 6.07) is 0. The van der Waals surface area contributed by atoms with E-state index in [1.54, 1.807) is 0 Å². The van der Waals surface area contributed by atoms with Gasteiger partial charge in [-0.05, 0) is 64.5 Å². The molecule has 1 aliphatic rings. The molecule has 1 saturated carbocycles. The SMILES string of the molecule is CC(C)(C)C1CCC(c2nsc(Br)n2)CC1. The Morgan fingerprint density at radius 1 is 1.19 bits per heavy atom. The summed E-state index contributed by atoms with van der Waals surface area (Å²) in [6.07, 6.45) is 5.16. The van der Waals surface area contributed by atoms with Crippen LogP contribution in [0.5, 0.6) is 0 Å². The number of rotatable bonds is 1. The highest BCUT2D eigenvalue weighted by Crippen LogP contribution is 2.42. The zero-order chi connectivity index (χ0) is 11.8. The Morgan fingerprint density at radius 3 is 2.25 bits per heavy atom. The molecule has 0 spiro atoms. The Morgan fingerprint density at radius 2 is 1.81 bits per heavy atom. The van der Waals surface area contributed by atoms with Gasteiger partial charge < -0.3 is 0 Å². The second kappa shape index (κ2) is 4.73. The molecule has 0 aromatic carbocycles. The number of hydrogen-bond acceptors (Lipinski definition) is 3. The van der Waals surface area contributed by atoms with Crippen molar-refractivity contribution >= 4 is 27.5 Å². The van der Waals surface area contributed by atoms with Gasteiger partial charge in [0.25, 0.3) is 0 Å². The summed E-state index contributed by atoms with van der Waals surface area (Å²) >= 11 is 4.85. The van der Waals surface area contributed by atoms with Gasteiger partial charge >= 0.3 is 0 Å². The maximum Gasteiger partial charge on any atom is 0.179 e. The Balaban J connectivity index is 1.95. The van der Waals surface area contributed by atoms with E-state index in [1.807, 2.05) is 0 Å². The minimum absolute atomic E-state index is 0.459. The Hall–Kier alpha value is 0.0400. The second-order valence-corrected chi connectivity index (χ2v) is 7.85. The van der Waals surface area contributed by atoms with Crippen molar-refractivity contribution in [3.63, 3.8) is 0 Å². The molecule has 0 bridgehead atoms. The molecule has 1 heterocycles. The Labute approximate surface area is 110 Å². The molecular weight excluding hydrogens is 284 g/mol. The highest BCUT2D eigenvalue weighted by atomic mass is 79.9. The molecule has 0 N–H and O–H groups in total. The van der Waals surface area contributed by atoms with Crippen LogP contribution in [0.25, 0.3) is 0 Å². The summed E-state index contributed by atoms with van der Waals surface area (Å²) in [5.74, 6) is 2.52. The van der Waals surface area contributed by atoms with Crippen LogP contribution in [0.4, 0.5) is 0 Å². The molecule has 2 rings (SSSR count). The van der Waals surface area contributed by atoms with Crippen molar-refractivity contribution in [1.82, 2.24) is 9.36 Å². The maximum absolute atomic E-state index is 4.45. The lowest BCUT2D eigenvalue weighted by atomic mass is 9.70. The molecule has 0 unspecified atom stereocenters. The van der Waals surface area contributed by atoms with Crippen molar-refractivity contribution in [3.05, 3.63) is 9.74 Å². The molecule has 2 nitrogen and oxygen atoms in total. The van der Waals surface area contributed by atoms with Gasteiger partial charge in [0.1, 0.15) is 5.82 Å². The fourth-order valence-electron chi connectivity index (χ4n) is 2.60. The molecule has 1 aromatic heterocycles. The van der Waals surface area contributed by atoms with Crippen LogP contribution in [-0.4, -0.2) is 9.36 Å². The molecular formula is C12H19BrN2S. The van der Waals surface area contributed by atoms with Gasteiger partial charge in [0.15, 0.2) is 3.92 Å². The second-order valence-electron chi connectivity index (χ2n) is 5.82. The van der Waals surface area contributed by atoms with Crippen LogP contribution < -0.4 is 0 Å². The smallest absolute Gasteiger partial charge is 0.179 e. The van der Waals surface area contributed by atoms with E-state index < -0.39 is 0 Å². The van der Waals surface area contributed by atoms with Crippen molar-refractivity contribution in [3.8, 4) is 0 Å². The van der Waals surface area contributed by atoms with Gasteiger partial charge in [-0.25, -0.2) is 4.98 Å². The third kappa shape index (κ3) is 2.83. The van der Waals surface area contributed by atoms with Crippen molar-refractivity contribution in [1.29, 1.82) is 0 Å². The third-order valence-electron chi connectivity index (χ3n) is 3.73. The van der Waals surface area contributed by atoms with Crippen LogP contribution in [0, 0.1) is 11.3 Å². The van der Waals surface area contributed by atoms with Gasteiger partial charge in [-0.3, -0.25) is 0 Å². The average molecular weight is 303 g/mol. The normalized spacial score (nSPS) is 27.0. The van der Waals surface area contributed by atoms with Crippen LogP contribution in [0.1, 0.15) is 58.2 Å². The molecule has 0 atom stereocenters. The predicted octanol–water partition coefficient (Wildman–Crippen LogP) is 4.62. The number of hydrogen-bond donors (Lipinski definition) is 0. The van der Waals surface area contributed by atoms with Crippen LogP contribution in [0.3, 0.4) is 0 Å². The van der Waals surface area contributed by atoms with Gasteiger partial charge in [0, 0.05) is 5.92 Å². The standard InChI is InChI=1S/C12H19BrN2S/c1-12(2,3)9-6-4-8(5-7-9)10-14-11(13)16-15-10/h8-9H,4-7H2,1-3H3. The van der Waals surface area contributed by atoms with E-state index in [1.165, 1.54) is 37.2 Å². The fourth-order valence-corrected chi connectivity index (χ4v) is 3.49. The zero-order valence-corrected chi connectivity index (χ0v) is 12.6. The van der Waals surface area contributed by atoms with Crippen LogP contribution in [0.15, 0.2) is 3.92 Å². The van der Waals surface area contributed by atoms with Gasteiger partial charge in [0.05, 0.1) is 0 Å². The molecule has 0 saturated heterocycles. The Bertz CT molecular complexity index is 348.